The Labute approximate surface area is 334 Å². The fourth-order valence-electron chi connectivity index (χ4n) is 6.16. The van der Waals surface area contributed by atoms with Gasteiger partial charge in [-0.2, -0.15) is 0 Å². The summed E-state index contributed by atoms with van der Waals surface area (Å²) in [5, 5.41) is 22.6. The van der Waals surface area contributed by atoms with Crippen molar-refractivity contribution in [3.63, 3.8) is 0 Å². The van der Waals surface area contributed by atoms with Gasteiger partial charge in [-0.25, -0.2) is 0 Å². The van der Waals surface area contributed by atoms with Crippen molar-refractivity contribution < 1.29 is 15.0 Å². The highest BCUT2D eigenvalue weighted by molar-refractivity contribution is 5.76. The van der Waals surface area contributed by atoms with Gasteiger partial charge in [0.15, 0.2) is 0 Å². The molecule has 0 saturated heterocycles. The fraction of sp³-hybridized carbons (Fsp3) is 0.660. The van der Waals surface area contributed by atoms with E-state index < -0.39 is 12.1 Å². The summed E-state index contributed by atoms with van der Waals surface area (Å²) in [7, 11) is 0. The molecule has 0 heterocycles. The van der Waals surface area contributed by atoms with Gasteiger partial charge in [0.25, 0.3) is 0 Å². The highest BCUT2D eigenvalue weighted by atomic mass is 16.3. The topological polar surface area (TPSA) is 69.6 Å². The summed E-state index contributed by atoms with van der Waals surface area (Å²) in [4.78, 5) is 12.2. The smallest absolute Gasteiger partial charge is 0.220 e. The molecule has 0 aromatic heterocycles. The summed E-state index contributed by atoms with van der Waals surface area (Å²) < 4.78 is 0. The maximum Gasteiger partial charge on any atom is 0.220 e. The van der Waals surface area contributed by atoms with E-state index in [0.717, 1.165) is 70.6 Å². The molecule has 0 radical (unpaired) electrons. The van der Waals surface area contributed by atoms with Crippen molar-refractivity contribution in [3.05, 3.63) is 97.2 Å². The number of carbonyl (C=O) groups is 1. The van der Waals surface area contributed by atoms with Crippen LogP contribution in [0.15, 0.2) is 97.2 Å². The van der Waals surface area contributed by atoms with Gasteiger partial charge in [-0.1, -0.05) is 207 Å². The number of hydrogen-bond donors (Lipinski definition) is 3. The Morgan fingerprint density at radius 1 is 0.463 bits per heavy atom. The van der Waals surface area contributed by atoms with Gasteiger partial charge < -0.3 is 15.5 Å². The van der Waals surface area contributed by atoms with Crippen LogP contribution in [0.25, 0.3) is 0 Å². The zero-order valence-corrected chi connectivity index (χ0v) is 35.2. The molecule has 0 spiro atoms. The summed E-state index contributed by atoms with van der Waals surface area (Å²) >= 11 is 0. The normalized spacial score (nSPS) is 13.9. The molecule has 0 aromatic rings. The number of rotatable bonds is 39. The van der Waals surface area contributed by atoms with Crippen molar-refractivity contribution in [2.45, 2.75) is 206 Å². The van der Waals surface area contributed by atoms with Gasteiger partial charge >= 0.3 is 0 Å². The molecule has 0 saturated carbocycles. The first-order valence-electron chi connectivity index (χ1n) is 22.5. The Hall–Kier alpha value is -2.69. The summed E-state index contributed by atoms with van der Waals surface area (Å²) in [5.74, 6) is -0.0759. The van der Waals surface area contributed by atoms with Gasteiger partial charge in [0, 0.05) is 6.42 Å². The quantitative estimate of drug-likeness (QED) is 0.0433. The highest BCUT2D eigenvalue weighted by Crippen LogP contribution is 2.14. The van der Waals surface area contributed by atoms with Crippen molar-refractivity contribution in [3.8, 4) is 0 Å². The molecule has 4 heteroatoms. The van der Waals surface area contributed by atoms with Gasteiger partial charge in [0.2, 0.25) is 5.91 Å². The zero-order chi connectivity index (χ0) is 39.3. The van der Waals surface area contributed by atoms with Crippen LogP contribution in [-0.4, -0.2) is 34.9 Å². The number of aliphatic hydroxyl groups is 2. The van der Waals surface area contributed by atoms with Crippen LogP contribution < -0.4 is 5.32 Å². The molecular weight excluding hydrogens is 663 g/mol. The lowest BCUT2D eigenvalue weighted by Crippen LogP contribution is -2.45. The molecule has 54 heavy (non-hydrogen) atoms. The minimum Gasteiger partial charge on any atom is -0.394 e. The molecule has 0 aliphatic carbocycles. The highest BCUT2D eigenvalue weighted by Gasteiger charge is 2.17. The average Bonchev–Trinajstić information content (AvgIpc) is 3.18. The Morgan fingerprint density at radius 2 is 0.815 bits per heavy atom. The third-order valence-electron chi connectivity index (χ3n) is 9.57. The predicted molar refractivity (Wildman–Crippen MR) is 239 cm³/mol. The summed E-state index contributed by atoms with van der Waals surface area (Å²) in [6.07, 6.45) is 67.1. The zero-order valence-electron chi connectivity index (χ0n) is 35.2. The Morgan fingerprint density at radius 3 is 1.22 bits per heavy atom. The van der Waals surface area contributed by atoms with Gasteiger partial charge in [-0.3, -0.25) is 4.79 Å². The molecule has 0 aliphatic rings. The van der Waals surface area contributed by atoms with E-state index in [9.17, 15) is 15.0 Å². The standard InChI is InChI=1S/C50H85NO3/c1-3-5-7-9-10-11-12-13-14-15-16-17-18-19-20-21-22-23-24-25-26-27-28-29-30-31-32-33-34-35-36-37-38-39-40-42-44-46-50(54)51-48(47-52)49(53)45-43-41-8-6-4-2/h5,7,10-11,13-14,16-17,19-20,22-23,25-26,43,45,48-49,52-53H,3-4,6,8-9,12,15,18,21,24,27-42,44,46-47H2,1-2H3,(H,51,54)/b7-5-,11-10-,14-13-,17-16-,20-19-,23-22-,26-25-,45-43+. The van der Waals surface area contributed by atoms with Crippen LogP contribution in [0.2, 0.25) is 0 Å². The molecule has 4 nitrogen and oxygen atoms in total. The molecular formula is C50H85NO3. The third-order valence-corrected chi connectivity index (χ3v) is 9.57. The first-order chi connectivity index (χ1) is 26.7. The van der Waals surface area contributed by atoms with Crippen LogP contribution in [0.4, 0.5) is 0 Å². The summed E-state index contributed by atoms with van der Waals surface area (Å²) in [6, 6.07) is -0.622. The van der Waals surface area contributed by atoms with Crippen LogP contribution in [0.5, 0.6) is 0 Å². The lowest BCUT2D eigenvalue weighted by atomic mass is 10.0. The molecule has 0 fully saturated rings. The minimum absolute atomic E-state index is 0.0759. The number of allylic oxidation sites excluding steroid dienone is 15. The van der Waals surface area contributed by atoms with Gasteiger partial charge in [-0.15, -0.1) is 0 Å². The van der Waals surface area contributed by atoms with Crippen LogP contribution in [0.3, 0.4) is 0 Å². The molecule has 1 amide bonds. The van der Waals surface area contributed by atoms with Crippen molar-refractivity contribution in [1.29, 1.82) is 0 Å². The van der Waals surface area contributed by atoms with Crippen LogP contribution in [-0.2, 0) is 4.79 Å². The molecule has 0 aliphatic heterocycles. The minimum atomic E-state index is -0.838. The van der Waals surface area contributed by atoms with Gasteiger partial charge in [-0.05, 0) is 77.0 Å². The average molecular weight is 748 g/mol. The lowest BCUT2D eigenvalue weighted by molar-refractivity contribution is -0.123. The van der Waals surface area contributed by atoms with Crippen LogP contribution in [0.1, 0.15) is 194 Å². The molecule has 0 aromatic carbocycles. The van der Waals surface area contributed by atoms with E-state index in [0.29, 0.717) is 6.42 Å². The van der Waals surface area contributed by atoms with E-state index in [1.54, 1.807) is 6.08 Å². The number of carbonyl (C=O) groups excluding carboxylic acids is 1. The number of amides is 1. The second-order valence-corrected chi connectivity index (χ2v) is 14.7. The molecule has 2 atom stereocenters. The fourth-order valence-corrected chi connectivity index (χ4v) is 6.16. The van der Waals surface area contributed by atoms with E-state index in [1.807, 2.05) is 6.08 Å². The number of nitrogens with one attached hydrogen (secondary N) is 1. The maximum atomic E-state index is 12.2. The van der Waals surface area contributed by atoms with Crippen molar-refractivity contribution in [2.75, 3.05) is 6.61 Å². The van der Waals surface area contributed by atoms with Crippen molar-refractivity contribution in [2.24, 2.45) is 0 Å². The van der Waals surface area contributed by atoms with E-state index >= 15 is 0 Å². The maximum absolute atomic E-state index is 12.2. The van der Waals surface area contributed by atoms with Gasteiger partial charge in [0.05, 0.1) is 18.8 Å². The van der Waals surface area contributed by atoms with E-state index in [1.165, 1.54) is 103 Å². The first-order valence-corrected chi connectivity index (χ1v) is 22.5. The SMILES string of the molecule is CC/C=C\C/C=C\C/C=C\C/C=C\C/C=C\C/C=C\C/C=C\CCCCCCCCCCCCCCCCCC(=O)NC(CO)C(O)/C=C/CCCCC. The van der Waals surface area contributed by atoms with Crippen LogP contribution >= 0.6 is 0 Å². The Kier molecular flexibility index (Phi) is 42.5. The number of aliphatic hydroxyl groups excluding tert-OH is 2. The van der Waals surface area contributed by atoms with E-state index in [-0.39, 0.29) is 12.5 Å². The van der Waals surface area contributed by atoms with Crippen molar-refractivity contribution in [1.82, 2.24) is 5.32 Å². The lowest BCUT2D eigenvalue weighted by Gasteiger charge is -2.20. The molecule has 0 rings (SSSR count). The number of hydrogen-bond acceptors (Lipinski definition) is 3. The second-order valence-electron chi connectivity index (χ2n) is 14.7. The molecule has 3 N–H and O–H groups in total. The summed E-state index contributed by atoms with van der Waals surface area (Å²) in [6.45, 7) is 4.08. The first kappa shape index (κ1) is 51.3. The third kappa shape index (κ3) is 40.5. The monoisotopic (exact) mass is 748 g/mol. The Balaban J connectivity index is 3.48. The Bertz CT molecular complexity index is 1030. The molecule has 0 bridgehead atoms. The van der Waals surface area contributed by atoms with Gasteiger partial charge in [0.1, 0.15) is 0 Å². The number of unbranched alkanes of at least 4 members (excludes halogenated alkanes) is 18. The van der Waals surface area contributed by atoms with Crippen LogP contribution in [0, 0.1) is 0 Å². The largest absolute Gasteiger partial charge is 0.394 e. The van der Waals surface area contributed by atoms with Crippen molar-refractivity contribution >= 4 is 5.91 Å². The summed E-state index contributed by atoms with van der Waals surface area (Å²) in [5.41, 5.74) is 0. The predicted octanol–water partition coefficient (Wildman–Crippen LogP) is 14.2. The van der Waals surface area contributed by atoms with E-state index in [4.69, 9.17) is 0 Å². The molecule has 2 unspecified atom stereocenters. The van der Waals surface area contributed by atoms with E-state index in [2.05, 4.69) is 104 Å². The molecule has 308 valence electrons. The second kappa shape index (κ2) is 44.7.